The van der Waals surface area contributed by atoms with Crippen LogP contribution in [0, 0.1) is 5.92 Å². The Morgan fingerprint density at radius 3 is 2.89 bits per heavy atom. The minimum Gasteiger partial charge on any atom is -0.338 e. The van der Waals surface area contributed by atoms with Crippen molar-refractivity contribution in [1.29, 1.82) is 0 Å². The Morgan fingerprint density at radius 2 is 2.07 bits per heavy atom. The zero-order chi connectivity index (χ0) is 18.5. The lowest BCUT2D eigenvalue weighted by molar-refractivity contribution is 0.0667. The Hall–Kier alpha value is -3.09. The van der Waals surface area contributed by atoms with Crippen molar-refractivity contribution >= 4 is 5.91 Å². The molecule has 3 aromatic heterocycles. The van der Waals surface area contributed by atoms with Gasteiger partial charge in [-0.05, 0) is 49.4 Å². The number of hydrogen-bond acceptors (Lipinski definition) is 6. The summed E-state index contributed by atoms with van der Waals surface area (Å²) in [6.07, 6.45) is 10.5. The van der Waals surface area contributed by atoms with Gasteiger partial charge in [-0.15, -0.1) is 0 Å². The molecular formula is C20H21N5O2. The Bertz CT molecular complexity index is 882. The number of aromatic nitrogens is 4. The van der Waals surface area contributed by atoms with Crippen molar-refractivity contribution in [2.24, 2.45) is 5.92 Å². The second kappa shape index (κ2) is 8.07. The topological polar surface area (TPSA) is 85.0 Å². The summed E-state index contributed by atoms with van der Waals surface area (Å²) >= 11 is 0. The molecule has 1 saturated heterocycles. The van der Waals surface area contributed by atoms with Crippen molar-refractivity contribution in [3.63, 3.8) is 0 Å². The number of carbonyl (C=O) groups excluding carboxylic acids is 1. The molecule has 1 amide bonds. The second-order valence-corrected chi connectivity index (χ2v) is 6.79. The number of carbonyl (C=O) groups is 1. The predicted molar refractivity (Wildman–Crippen MR) is 98.7 cm³/mol. The standard InChI is InChI=1S/C20H21N5O2/c26-20(17-4-1-9-22-13-17)25-12-2-3-15(14-25)5-6-18-23-19(27-24-18)16-7-10-21-11-8-16/h1,4,7-11,13,15H,2-3,5-6,12,14H2. The monoisotopic (exact) mass is 363 g/mol. The van der Waals surface area contributed by atoms with Gasteiger partial charge in [-0.2, -0.15) is 4.98 Å². The van der Waals surface area contributed by atoms with Gasteiger partial charge in [0.2, 0.25) is 0 Å². The number of amides is 1. The molecule has 0 spiro atoms. The molecule has 7 heteroatoms. The fourth-order valence-electron chi connectivity index (χ4n) is 3.46. The van der Waals surface area contributed by atoms with Crippen molar-refractivity contribution in [1.82, 2.24) is 25.0 Å². The summed E-state index contributed by atoms with van der Waals surface area (Å²) in [7, 11) is 0. The van der Waals surface area contributed by atoms with Crippen LogP contribution in [0.1, 0.15) is 35.4 Å². The first kappa shape index (κ1) is 17.3. The molecule has 1 unspecified atom stereocenters. The van der Waals surface area contributed by atoms with E-state index < -0.39 is 0 Å². The molecule has 27 heavy (non-hydrogen) atoms. The third-order valence-corrected chi connectivity index (χ3v) is 4.89. The summed E-state index contributed by atoms with van der Waals surface area (Å²) in [6, 6.07) is 7.31. The highest BCUT2D eigenvalue weighted by Gasteiger charge is 2.25. The van der Waals surface area contributed by atoms with Crippen LogP contribution in [-0.2, 0) is 6.42 Å². The van der Waals surface area contributed by atoms with E-state index in [-0.39, 0.29) is 5.91 Å². The van der Waals surface area contributed by atoms with E-state index in [1.165, 1.54) is 0 Å². The fraction of sp³-hybridized carbons (Fsp3) is 0.350. The lowest BCUT2D eigenvalue weighted by atomic mass is 9.93. The highest BCUT2D eigenvalue weighted by molar-refractivity contribution is 5.93. The molecule has 1 aliphatic heterocycles. The molecule has 0 aromatic carbocycles. The predicted octanol–water partition coefficient (Wildman–Crippen LogP) is 3.01. The molecule has 7 nitrogen and oxygen atoms in total. The number of piperidine rings is 1. The Balaban J connectivity index is 1.34. The molecular weight excluding hydrogens is 342 g/mol. The number of likely N-dealkylation sites (tertiary alicyclic amines) is 1. The molecule has 0 radical (unpaired) electrons. The van der Waals surface area contributed by atoms with Gasteiger partial charge in [-0.25, -0.2) is 0 Å². The summed E-state index contributed by atoms with van der Waals surface area (Å²) in [5.41, 5.74) is 1.52. The van der Waals surface area contributed by atoms with Gasteiger partial charge >= 0.3 is 0 Å². The summed E-state index contributed by atoms with van der Waals surface area (Å²) in [5.74, 6) is 1.73. The molecule has 138 valence electrons. The Labute approximate surface area is 157 Å². The first-order chi connectivity index (χ1) is 13.3. The number of nitrogens with zero attached hydrogens (tertiary/aromatic N) is 5. The third kappa shape index (κ3) is 4.19. The highest BCUT2D eigenvalue weighted by atomic mass is 16.5. The maximum atomic E-state index is 12.6. The van der Waals surface area contributed by atoms with Crippen LogP contribution < -0.4 is 0 Å². The van der Waals surface area contributed by atoms with E-state index in [4.69, 9.17) is 4.52 Å². The van der Waals surface area contributed by atoms with Crippen LogP contribution in [0.4, 0.5) is 0 Å². The molecule has 1 aliphatic rings. The molecule has 0 N–H and O–H groups in total. The van der Waals surface area contributed by atoms with Crippen LogP contribution in [0.2, 0.25) is 0 Å². The first-order valence-corrected chi connectivity index (χ1v) is 9.22. The molecule has 3 aromatic rings. The molecule has 4 rings (SSSR count). The van der Waals surface area contributed by atoms with Crippen molar-refractivity contribution in [3.8, 4) is 11.5 Å². The molecule has 0 saturated carbocycles. The number of rotatable bonds is 5. The smallest absolute Gasteiger partial charge is 0.258 e. The van der Waals surface area contributed by atoms with Gasteiger partial charge in [0, 0.05) is 49.9 Å². The fourth-order valence-corrected chi connectivity index (χ4v) is 3.46. The molecule has 1 fully saturated rings. The zero-order valence-electron chi connectivity index (χ0n) is 15.0. The minimum atomic E-state index is 0.0623. The normalized spacial score (nSPS) is 17.0. The van der Waals surface area contributed by atoms with E-state index in [0.717, 1.165) is 44.3 Å². The molecule has 4 heterocycles. The quantitative estimate of drug-likeness (QED) is 0.693. The van der Waals surface area contributed by atoms with Crippen molar-refractivity contribution in [2.45, 2.75) is 25.7 Å². The van der Waals surface area contributed by atoms with Gasteiger partial charge in [0.15, 0.2) is 5.82 Å². The number of aryl methyl sites for hydroxylation is 1. The SMILES string of the molecule is O=C(c1cccnc1)N1CCCC(CCc2noc(-c3ccncc3)n2)C1. The van der Waals surface area contributed by atoms with Crippen LogP contribution in [-0.4, -0.2) is 44.0 Å². The van der Waals surface area contributed by atoms with Gasteiger partial charge in [-0.3, -0.25) is 14.8 Å². The van der Waals surface area contributed by atoms with Gasteiger partial charge in [-0.1, -0.05) is 5.16 Å². The maximum Gasteiger partial charge on any atom is 0.258 e. The number of pyridine rings is 2. The molecule has 0 aliphatic carbocycles. The van der Waals surface area contributed by atoms with Crippen molar-refractivity contribution in [3.05, 3.63) is 60.4 Å². The van der Waals surface area contributed by atoms with E-state index in [0.29, 0.717) is 23.2 Å². The van der Waals surface area contributed by atoms with Crippen LogP contribution in [0.3, 0.4) is 0 Å². The van der Waals surface area contributed by atoms with E-state index in [2.05, 4.69) is 20.1 Å². The summed E-state index contributed by atoms with van der Waals surface area (Å²) in [5, 5.41) is 4.08. The first-order valence-electron chi connectivity index (χ1n) is 9.22. The molecule has 1 atom stereocenters. The summed E-state index contributed by atoms with van der Waals surface area (Å²) in [6.45, 7) is 1.57. The Morgan fingerprint density at radius 1 is 1.19 bits per heavy atom. The average molecular weight is 363 g/mol. The van der Waals surface area contributed by atoms with E-state index in [1.807, 2.05) is 23.1 Å². The van der Waals surface area contributed by atoms with Crippen molar-refractivity contribution in [2.75, 3.05) is 13.1 Å². The minimum absolute atomic E-state index is 0.0623. The zero-order valence-corrected chi connectivity index (χ0v) is 15.0. The highest BCUT2D eigenvalue weighted by Crippen LogP contribution is 2.23. The second-order valence-electron chi connectivity index (χ2n) is 6.79. The Kier molecular flexibility index (Phi) is 5.18. The van der Waals surface area contributed by atoms with Gasteiger partial charge in [0.25, 0.3) is 11.8 Å². The van der Waals surface area contributed by atoms with E-state index >= 15 is 0 Å². The largest absolute Gasteiger partial charge is 0.338 e. The average Bonchev–Trinajstić information content (AvgIpc) is 3.22. The summed E-state index contributed by atoms with van der Waals surface area (Å²) in [4.78, 5) is 27.1. The lowest BCUT2D eigenvalue weighted by Crippen LogP contribution is -2.40. The van der Waals surface area contributed by atoms with Crippen molar-refractivity contribution < 1.29 is 9.32 Å². The van der Waals surface area contributed by atoms with Gasteiger partial charge < -0.3 is 9.42 Å². The van der Waals surface area contributed by atoms with E-state index in [1.54, 1.807) is 30.9 Å². The van der Waals surface area contributed by atoms with Gasteiger partial charge in [0.05, 0.1) is 5.56 Å². The molecule has 0 bridgehead atoms. The maximum absolute atomic E-state index is 12.6. The van der Waals surface area contributed by atoms with Crippen LogP contribution in [0.5, 0.6) is 0 Å². The lowest BCUT2D eigenvalue weighted by Gasteiger charge is -2.32. The van der Waals surface area contributed by atoms with Crippen LogP contribution >= 0.6 is 0 Å². The summed E-state index contributed by atoms with van der Waals surface area (Å²) < 4.78 is 5.35. The van der Waals surface area contributed by atoms with Crippen LogP contribution in [0.25, 0.3) is 11.5 Å². The third-order valence-electron chi connectivity index (χ3n) is 4.89. The van der Waals surface area contributed by atoms with Gasteiger partial charge in [0.1, 0.15) is 0 Å². The van der Waals surface area contributed by atoms with Crippen LogP contribution in [0.15, 0.2) is 53.6 Å². The number of hydrogen-bond donors (Lipinski definition) is 0. The van der Waals surface area contributed by atoms with E-state index in [9.17, 15) is 4.79 Å².